The molecule has 45 heteroatoms. The fourth-order valence-corrected chi connectivity index (χ4v) is 13.3. The lowest BCUT2D eigenvalue weighted by atomic mass is 10.1. The number of hydrogen-bond donors (Lipinski definition) is 13. The topological polar surface area (TPSA) is 553 Å². The number of phenolic OH excluding ortho intramolecular Hbond substituents is 1. The van der Waals surface area contributed by atoms with Crippen molar-refractivity contribution >= 4 is 175 Å². The van der Waals surface area contributed by atoms with E-state index in [1.54, 1.807) is 4.90 Å². The molecule has 92 heavy (non-hydrogen) atoms. The maximum atomic E-state index is 12.7. The molecule has 3 heterocycles. The second-order valence-electron chi connectivity index (χ2n) is 19.2. The van der Waals surface area contributed by atoms with Crippen LogP contribution in [0.4, 0.5) is 63.6 Å². The zero-order chi connectivity index (χ0) is 67.2. The summed E-state index contributed by atoms with van der Waals surface area (Å²) in [7, 11) is -29.5. The number of methoxy groups -OCH3 is 1. The molecule has 1 aliphatic rings. The van der Waals surface area contributed by atoms with Gasteiger partial charge in [-0.25, -0.2) is 0 Å². The van der Waals surface area contributed by atoms with Crippen LogP contribution < -0.4 is 41.8 Å². The van der Waals surface area contributed by atoms with Crippen LogP contribution in [0.3, 0.4) is 0 Å². The predicted molar refractivity (Wildman–Crippen MR) is 327 cm³/mol. The van der Waals surface area contributed by atoms with Crippen LogP contribution in [-0.4, -0.2) is 170 Å². The van der Waals surface area contributed by atoms with Crippen LogP contribution in [0.25, 0.3) is 21.5 Å². The van der Waals surface area contributed by atoms with E-state index in [9.17, 15) is 87.7 Å². The van der Waals surface area contributed by atoms with Gasteiger partial charge in [-0.2, -0.15) is 85.5 Å². The number of hydrazine groups is 1. The highest BCUT2D eigenvalue weighted by molar-refractivity contribution is 7.87. The van der Waals surface area contributed by atoms with E-state index >= 15 is 0 Å². The Morgan fingerprint density at radius 1 is 0.576 bits per heavy atom. The largest absolute Gasteiger partial charge is 0.505 e. The van der Waals surface area contributed by atoms with Crippen LogP contribution in [0, 0.1) is 0 Å². The highest BCUT2D eigenvalue weighted by Gasteiger charge is 2.29. The number of phenols is 1. The van der Waals surface area contributed by atoms with Gasteiger partial charge in [-0.3, -0.25) is 47.9 Å². The minimum atomic E-state index is -5.41. The van der Waals surface area contributed by atoms with E-state index in [-0.39, 0.29) is 68.9 Å². The number of halogens is 2. The molecule has 2 aromatic heterocycles. The molecule has 0 spiro atoms. The molecule has 8 aromatic rings. The molecule has 0 atom stereocenters. The number of aromatic hydroxyl groups is 1. The SMILES string of the molecule is COc1cc(N=Nc2cc(S(=O)(=O)O)c3cccc(S(=O)(=O)O)c3c2)c(NC(C)=O)cc1Nc1nc(Cl)nc(N2CCN(CCNc3nc(Cl)nc(Nc4cc(S(=O)(=O)O)cc5cc(S(=O)(=O)O)c(NNc6ccc(S(=O)(=O)O)cc6S(=O)(=O)O)c(O)c45)n3)CC2)n1. The standard InChI is InChI=1S/C47H44Cl2N16O21S6/c1-22(66)51-30-20-32(34(86-2)21-31(30)62-60-24-16-28-27(36(17-24)90(77,78)79)4-3-5-35(28)89(74,75)76)52-46-56-43(49)57-47(59-46)65-12-10-64(11-13-65)9-8-50-44-54-42(48)55-45(58-44)53-33-18-26(88(71,72)73)14-23-15-38(92(83,84)85)40(41(67)39(23)33)63-61-29-7-6-25(87(68,69)70)19-37(29)91(80,81)82/h3-7,14-21,61,63,67H,8-13H2,1-2H3,(H,51,66)(H,68,69,70)(H,71,72,73)(H,74,75,76)(H,77,78,79)(H,80,81,82)(H,83,84,85)(H,52,56,57,59)(H2,50,53,54,55,58). The molecule has 0 unspecified atom stereocenters. The van der Waals surface area contributed by atoms with Gasteiger partial charge in [-0.1, -0.05) is 12.1 Å². The molecule has 13 N–H and O–H groups in total. The van der Waals surface area contributed by atoms with Crippen molar-refractivity contribution in [2.24, 2.45) is 10.2 Å². The Morgan fingerprint density at radius 2 is 1.20 bits per heavy atom. The lowest BCUT2D eigenvalue weighted by Gasteiger charge is -2.34. The quantitative estimate of drug-likeness (QED) is 0.0175. The van der Waals surface area contributed by atoms with Gasteiger partial charge < -0.3 is 36.0 Å². The van der Waals surface area contributed by atoms with E-state index in [2.05, 4.69) is 72.3 Å². The number of azo groups is 1. The smallest absolute Gasteiger partial charge is 0.296 e. The van der Waals surface area contributed by atoms with Crippen LogP contribution in [0.1, 0.15) is 6.92 Å². The summed E-state index contributed by atoms with van der Waals surface area (Å²) in [5.74, 6) is -2.14. The van der Waals surface area contributed by atoms with Crippen molar-refractivity contribution in [3.8, 4) is 11.5 Å². The van der Waals surface area contributed by atoms with E-state index in [1.807, 2.05) is 4.90 Å². The second-order valence-corrected chi connectivity index (χ2v) is 28.2. The van der Waals surface area contributed by atoms with Gasteiger partial charge in [0, 0.05) is 68.4 Å². The average molecular weight is 1430 g/mol. The Bertz CT molecular complexity index is 5120. The highest BCUT2D eigenvalue weighted by atomic mass is 35.5. The number of fused-ring (bicyclic) bond motifs is 2. The van der Waals surface area contributed by atoms with Gasteiger partial charge in [0.15, 0.2) is 5.75 Å². The molecule has 1 saturated heterocycles. The third-order valence-corrected chi connectivity index (χ3v) is 18.6. The number of nitrogens with one attached hydrogen (secondary N) is 6. The Morgan fingerprint density at radius 3 is 1.82 bits per heavy atom. The zero-order valence-corrected chi connectivity index (χ0v) is 52.7. The van der Waals surface area contributed by atoms with Gasteiger partial charge in [0.1, 0.15) is 36.7 Å². The van der Waals surface area contributed by atoms with Crippen LogP contribution in [0.2, 0.25) is 10.6 Å². The maximum absolute atomic E-state index is 12.7. The van der Waals surface area contributed by atoms with Crippen LogP contribution in [0.5, 0.6) is 11.5 Å². The number of aromatic nitrogens is 6. The molecule has 1 aliphatic heterocycles. The Balaban J connectivity index is 0.894. The second kappa shape index (κ2) is 25.8. The number of carbonyl (C=O) groups excluding carboxylic acids is 1. The summed E-state index contributed by atoms with van der Waals surface area (Å²) in [6.07, 6.45) is 0. The van der Waals surface area contributed by atoms with Crippen molar-refractivity contribution in [2.75, 3.05) is 83.4 Å². The number of carbonyl (C=O) groups is 1. The van der Waals surface area contributed by atoms with Crippen LogP contribution >= 0.6 is 23.2 Å². The first-order chi connectivity index (χ1) is 42.8. The summed E-state index contributed by atoms with van der Waals surface area (Å²) in [4.78, 5) is 35.9. The number of piperazine rings is 1. The van der Waals surface area contributed by atoms with Crippen molar-refractivity contribution < 1.29 is 92.5 Å². The molecular formula is C47H44Cl2N16O21S6. The van der Waals surface area contributed by atoms with E-state index in [4.69, 9.17) is 27.9 Å². The fraction of sp³-hybridized carbons (Fsp3) is 0.170. The monoisotopic (exact) mass is 1430 g/mol. The summed E-state index contributed by atoms with van der Waals surface area (Å²) in [6.45, 7) is 3.25. The molecule has 0 radical (unpaired) electrons. The summed E-state index contributed by atoms with van der Waals surface area (Å²) < 4.78 is 213. The number of benzene rings is 6. The van der Waals surface area contributed by atoms with Crippen molar-refractivity contribution in [1.29, 1.82) is 0 Å². The van der Waals surface area contributed by atoms with Crippen LogP contribution in [-0.2, 0) is 65.5 Å². The fourth-order valence-electron chi connectivity index (χ4n) is 9.04. The van der Waals surface area contributed by atoms with E-state index in [1.165, 1.54) is 32.2 Å². The van der Waals surface area contributed by atoms with Crippen molar-refractivity contribution in [2.45, 2.75) is 36.3 Å². The van der Waals surface area contributed by atoms with Crippen molar-refractivity contribution in [3.05, 3.63) is 89.4 Å². The third kappa shape index (κ3) is 15.8. The molecule has 1 fully saturated rings. The van der Waals surface area contributed by atoms with Crippen molar-refractivity contribution in [1.82, 2.24) is 34.8 Å². The minimum absolute atomic E-state index is 0.0140. The first kappa shape index (κ1) is 67.7. The summed E-state index contributed by atoms with van der Waals surface area (Å²) in [6, 6.07) is 11.9. The normalized spacial score (nSPS) is 13.7. The minimum Gasteiger partial charge on any atom is -0.505 e. The first-order valence-electron chi connectivity index (χ1n) is 25.3. The lowest BCUT2D eigenvalue weighted by Crippen LogP contribution is -2.48. The van der Waals surface area contributed by atoms with Gasteiger partial charge in [-0.15, -0.1) is 5.11 Å². The molecule has 0 saturated carbocycles. The number of ether oxygens (including phenoxy) is 1. The van der Waals surface area contributed by atoms with E-state index in [0.29, 0.717) is 63.1 Å². The Hall–Kier alpha value is -8.67. The van der Waals surface area contributed by atoms with Gasteiger partial charge in [0.2, 0.25) is 40.3 Å². The molecule has 1 amide bonds. The Kier molecular flexibility index (Phi) is 19.0. The van der Waals surface area contributed by atoms with Gasteiger partial charge in [0.05, 0.1) is 45.3 Å². The maximum Gasteiger partial charge on any atom is 0.296 e. The Labute approximate surface area is 529 Å². The van der Waals surface area contributed by atoms with Crippen LogP contribution in [0.15, 0.2) is 118 Å². The molecule has 0 bridgehead atoms. The summed E-state index contributed by atoms with van der Waals surface area (Å²) >= 11 is 12.7. The third-order valence-electron chi connectivity index (χ3n) is 13.0. The first-order valence-corrected chi connectivity index (χ1v) is 34.6. The van der Waals surface area contributed by atoms with Crippen molar-refractivity contribution in [3.63, 3.8) is 0 Å². The summed E-state index contributed by atoms with van der Waals surface area (Å²) in [5, 5.41) is 28.9. The number of anilines is 9. The van der Waals surface area contributed by atoms with Gasteiger partial charge in [0.25, 0.3) is 60.7 Å². The number of nitrogens with zero attached hydrogens (tertiary/aromatic N) is 10. The van der Waals surface area contributed by atoms with Gasteiger partial charge in [-0.05, 0) is 89.3 Å². The number of amides is 1. The number of rotatable bonds is 22. The van der Waals surface area contributed by atoms with E-state index in [0.717, 1.165) is 30.3 Å². The molecule has 9 rings (SSSR count). The lowest BCUT2D eigenvalue weighted by molar-refractivity contribution is -0.114. The average Bonchev–Trinajstić information content (AvgIpc) is 0.774. The molecule has 0 aliphatic carbocycles. The number of hydrogen-bond acceptors (Lipinski definition) is 30. The zero-order valence-electron chi connectivity index (χ0n) is 46.3. The molecular weight excluding hydrogens is 1390 g/mol. The molecule has 6 aromatic carbocycles. The highest BCUT2D eigenvalue weighted by Crippen LogP contribution is 2.45. The summed E-state index contributed by atoms with van der Waals surface area (Å²) in [5.41, 5.74) is 2.00. The van der Waals surface area contributed by atoms with Gasteiger partial charge >= 0.3 is 0 Å². The molecule has 37 nitrogen and oxygen atoms in total. The predicted octanol–water partition coefficient (Wildman–Crippen LogP) is 5.40. The molecule has 488 valence electrons. The van der Waals surface area contributed by atoms with E-state index < -0.39 is 141 Å².